The van der Waals surface area contributed by atoms with E-state index in [-0.39, 0.29) is 40.6 Å². The van der Waals surface area contributed by atoms with Crippen molar-refractivity contribution in [1.82, 2.24) is 24.6 Å². The number of amides is 1. The molecular weight excluding hydrogens is 446 g/mol. The molecule has 1 aliphatic heterocycles. The number of hydrogen-bond donors (Lipinski definition) is 1. The minimum absolute atomic E-state index is 0.0234. The fraction of sp³-hybridized carbons (Fsp3) is 0.478. The zero-order chi connectivity index (χ0) is 24.8. The Morgan fingerprint density at radius 2 is 1.91 bits per heavy atom. The number of piperazine rings is 1. The number of hydrogen-bond acceptors (Lipinski definition) is 6. The van der Waals surface area contributed by atoms with E-state index in [4.69, 9.17) is 4.74 Å². The van der Waals surface area contributed by atoms with Crippen LogP contribution in [0.4, 0.5) is 14.7 Å². The molecule has 3 aromatic rings. The third kappa shape index (κ3) is 4.52. The summed E-state index contributed by atoms with van der Waals surface area (Å²) < 4.78 is 36.4. The Labute approximate surface area is 195 Å². The Morgan fingerprint density at radius 3 is 2.53 bits per heavy atom. The molecular formula is C23H28F2N6O3. The van der Waals surface area contributed by atoms with Gasteiger partial charge in [-0.1, -0.05) is 0 Å². The quantitative estimate of drug-likeness (QED) is 0.624. The van der Waals surface area contributed by atoms with Crippen LogP contribution in [0.3, 0.4) is 0 Å². The Balaban J connectivity index is 1.51. The van der Waals surface area contributed by atoms with Gasteiger partial charge in [-0.2, -0.15) is 0 Å². The topological polar surface area (TPSA) is 96.4 Å². The highest BCUT2D eigenvalue weighted by atomic mass is 19.1. The molecule has 2 aromatic heterocycles. The number of aromatic nitrogens is 4. The number of fused-ring (bicyclic) bond motifs is 1. The van der Waals surface area contributed by atoms with Crippen molar-refractivity contribution < 1.29 is 18.3 Å². The van der Waals surface area contributed by atoms with Gasteiger partial charge >= 0.3 is 0 Å². The van der Waals surface area contributed by atoms with Gasteiger partial charge < -0.3 is 14.5 Å². The minimum atomic E-state index is -0.873. The van der Waals surface area contributed by atoms with Crippen molar-refractivity contribution in [3.63, 3.8) is 0 Å². The van der Waals surface area contributed by atoms with Crippen molar-refractivity contribution >= 4 is 22.8 Å². The molecule has 1 atom stereocenters. The Kier molecular flexibility index (Phi) is 6.15. The van der Waals surface area contributed by atoms with E-state index >= 15 is 4.39 Å². The van der Waals surface area contributed by atoms with Crippen molar-refractivity contribution in [2.45, 2.75) is 39.3 Å². The van der Waals surface area contributed by atoms with Crippen LogP contribution in [0, 0.1) is 11.6 Å². The maximum absolute atomic E-state index is 15.0. The number of H-pyrrole nitrogens is 1. The molecule has 0 radical (unpaired) electrons. The van der Waals surface area contributed by atoms with Gasteiger partial charge in [0, 0.05) is 50.7 Å². The smallest absolute Gasteiger partial charge is 0.274 e. The van der Waals surface area contributed by atoms with E-state index < -0.39 is 22.8 Å². The molecule has 1 N–H and O–H groups in total. The first-order valence-corrected chi connectivity index (χ1v) is 11.0. The molecule has 1 saturated heterocycles. The first-order chi connectivity index (χ1) is 16.0. The number of rotatable bonds is 4. The lowest BCUT2D eigenvalue weighted by molar-refractivity contribution is -0.141. The molecule has 3 heterocycles. The summed E-state index contributed by atoms with van der Waals surface area (Å²) in [5.74, 6) is -1.40. The van der Waals surface area contributed by atoms with Gasteiger partial charge in [-0.25, -0.2) is 18.7 Å². The number of nitrogens with zero attached hydrogens (tertiary/aromatic N) is 5. The number of carbonyl (C=O) groups is 1. The second-order valence-corrected chi connectivity index (χ2v) is 9.50. The maximum Gasteiger partial charge on any atom is 0.274 e. The molecule has 1 aliphatic rings. The average molecular weight is 475 g/mol. The van der Waals surface area contributed by atoms with Crippen molar-refractivity contribution in [2.75, 3.05) is 31.1 Å². The number of nitrogens with one attached hydrogen (secondary N) is 1. The van der Waals surface area contributed by atoms with Gasteiger partial charge in [0.2, 0.25) is 11.9 Å². The number of anilines is 1. The third-order valence-electron chi connectivity index (χ3n) is 5.83. The molecule has 9 nitrogen and oxygen atoms in total. The van der Waals surface area contributed by atoms with Gasteiger partial charge in [0.1, 0.15) is 17.9 Å². The molecule has 0 aliphatic carbocycles. The van der Waals surface area contributed by atoms with Gasteiger partial charge in [0.25, 0.3) is 5.56 Å². The molecule has 34 heavy (non-hydrogen) atoms. The van der Waals surface area contributed by atoms with Crippen LogP contribution in [-0.4, -0.2) is 68.4 Å². The number of ether oxygens (including phenoxy) is 1. The van der Waals surface area contributed by atoms with Crippen molar-refractivity contribution in [3.8, 4) is 11.1 Å². The molecule has 1 fully saturated rings. The lowest BCUT2D eigenvalue weighted by Crippen LogP contribution is -2.55. The maximum atomic E-state index is 15.0. The standard InChI is InChI=1S/C23H28F2N6O3/c1-13-11-30(17(32)12-34-23(2,3)4)6-7-31(13)22-26-9-14(10-27-22)18-16(24)8-15-20(19(18)25)28-29(5)21(15)33/h8-10,13,28H,6-7,11-12H2,1-5H3/t13-/m1/s1. The van der Waals surface area contributed by atoms with Crippen LogP contribution in [0.1, 0.15) is 27.7 Å². The lowest BCUT2D eigenvalue weighted by atomic mass is 10.1. The third-order valence-corrected chi connectivity index (χ3v) is 5.83. The molecule has 0 bridgehead atoms. The van der Waals surface area contributed by atoms with E-state index in [0.29, 0.717) is 25.6 Å². The summed E-state index contributed by atoms with van der Waals surface area (Å²) in [6.07, 6.45) is 2.72. The average Bonchev–Trinajstić information content (AvgIpc) is 3.06. The van der Waals surface area contributed by atoms with E-state index in [1.54, 1.807) is 4.90 Å². The Hall–Kier alpha value is -3.34. The normalized spacial score (nSPS) is 17.0. The fourth-order valence-electron chi connectivity index (χ4n) is 4.01. The van der Waals surface area contributed by atoms with Gasteiger partial charge in [-0.3, -0.25) is 19.4 Å². The summed E-state index contributed by atoms with van der Waals surface area (Å²) in [6, 6.07) is 0.958. The van der Waals surface area contributed by atoms with Crippen LogP contribution >= 0.6 is 0 Å². The highest BCUT2D eigenvalue weighted by molar-refractivity contribution is 5.85. The van der Waals surface area contributed by atoms with E-state index in [2.05, 4.69) is 15.1 Å². The summed E-state index contributed by atoms with van der Waals surface area (Å²) in [5.41, 5.74) is -1.12. The van der Waals surface area contributed by atoms with Gasteiger partial charge in [0.15, 0.2) is 5.82 Å². The minimum Gasteiger partial charge on any atom is -0.366 e. The fourth-order valence-corrected chi connectivity index (χ4v) is 4.01. The molecule has 0 spiro atoms. The number of carbonyl (C=O) groups excluding carboxylic acids is 1. The number of halogens is 2. The molecule has 1 aromatic carbocycles. The number of aryl methyl sites for hydroxylation is 1. The predicted octanol–water partition coefficient (Wildman–Crippen LogP) is 2.45. The number of aromatic amines is 1. The molecule has 11 heteroatoms. The molecule has 0 saturated carbocycles. The van der Waals surface area contributed by atoms with Crippen molar-refractivity contribution in [3.05, 3.63) is 40.4 Å². The highest BCUT2D eigenvalue weighted by Gasteiger charge is 2.29. The molecule has 0 unspecified atom stereocenters. The van der Waals surface area contributed by atoms with E-state index in [1.807, 2.05) is 32.6 Å². The zero-order valence-electron chi connectivity index (χ0n) is 19.9. The second kappa shape index (κ2) is 8.79. The first kappa shape index (κ1) is 23.8. The van der Waals surface area contributed by atoms with Crippen molar-refractivity contribution in [1.29, 1.82) is 0 Å². The summed E-state index contributed by atoms with van der Waals surface area (Å²) in [7, 11) is 1.43. The largest absolute Gasteiger partial charge is 0.366 e. The first-order valence-electron chi connectivity index (χ1n) is 11.0. The second-order valence-electron chi connectivity index (χ2n) is 9.50. The molecule has 1 amide bonds. The summed E-state index contributed by atoms with van der Waals surface area (Å²) in [6.45, 7) is 9.17. The SMILES string of the molecule is C[C@@H]1CN(C(=O)COC(C)(C)C)CCN1c1ncc(-c2c(F)cc3c(=O)n(C)[nH]c3c2F)cn1. The van der Waals surface area contributed by atoms with Crippen LogP contribution in [-0.2, 0) is 16.6 Å². The van der Waals surface area contributed by atoms with Crippen molar-refractivity contribution in [2.24, 2.45) is 7.05 Å². The zero-order valence-corrected chi connectivity index (χ0v) is 19.9. The van der Waals surface area contributed by atoms with Gasteiger partial charge in [-0.15, -0.1) is 0 Å². The van der Waals surface area contributed by atoms with Crippen LogP contribution in [0.25, 0.3) is 22.0 Å². The monoisotopic (exact) mass is 474 g/mol. The Morgan fingerprint density at radius 1 is 1.24 bits per heavy atom. The molecule has 4 rings (SSSR count). The summed E-state index contributed by atoms with van der Waals surface area (Å²) in [5, 5.41) is 2.54. The van der Waals surface area contributed by atoms with Crippen LogP contribution in [0.15, 0.2) is 23.3 Å². The highest BCUT2D eigenvalue weighted by Crippen LogP contribution is 2.30. The summed E-state index contributed by atoms with van der Waals surface area (Å²) in [4.78, 5) is 36.8. The van der Waals surface area contributed by atoms with Gasteiger partial charge in [-0.05, 0) is 33.8 Å². The predicted molar refractivity (Wildman–Crippen MR) is 124 cm³/mol. The van der Waals surface area contributed by atoms with Gasteiger partial charge in [0.05, 0.1) is 16.6 Å². The lowest BCUT2D eigenvalue weighted by Gasteiger charge is -2.40. The van der Waals surface area contributed by atoms with Crippen LogP contribution in [0.5, 0.6) is 0 Å². The van der Waals surface area contributed by atoms with Crippen LogP contribution < -0.4 is 10.5 Å². The van der Waals surface area contributed by atoms with E-state index in [1.165, 1.54) is 19.4 Å². The summed E-state index contributed by atoms with van der Waals surface area (Å²) >= 11 is 0. The van der Waals surface area contributed by atoms with E-state index in [9.17, 15) is 14.0 Å². The Bertz CT molecular complexity index is 1280. The molecule has 182 valence electrons. The van der Waals surface area contributed by atoms with Crippen LogP contribution in [0.2, 0.25) is 0 Å². The van der Waals surface area contributed by atoms with E-state index in [0.717, 1.165) is 10.7 Å². The number of benzene rings is 1.